The summed E-state index contributed by atoms with van der Waals surface area (Å²) < 4.78 is 5.47. The number of ether oxygens (including phenoxy) is 1. The molecule has 0 aliphatic carbocycles. The van der Waals surface area contributed by atoms with Crippen LogP contribution in [0.1, 0.15) is 431 Å². The topological polar surface area (TPSA) is 95.9 Å². The molecule has 0 aromatic carbocycles. The first-order valence-corrected chi connectivity index (χ1v) is 37.4. The SMILES string of the molecule is CCCC/C=C\CCCCCCCC(=O)OCCCCCCCCCCCCCCCCCCCCCCCCCCCCCCCC(=O)NC(CO)C(O)CCCCCCCCCCCCCCCCCCCCCCCCCC. The van der Waals surface area contributed by atoms with Crippen molar-refractivity contribution in [1.29, 1.82) is 0 Å². The number of amides is 1. The molecule has 2 atom stereocenters. The summed E-state index contributed by atoms with van der Waals surface area (Å²) >= 11 is 0. The minimum absolute atomic E-state index is 0.00940. The lowest BCUT2D eigenvalue weighted by atomic mass is 10.0. The number of hydrogen-bond donors (Lipinski definition) is 3. The van der Waals surface area contributed by atoms with Crippen molar-refractivity contribution in [2.75, 3.05) is 13.2 Å². The van der Waals surface area contributed by atoms with Crippen molar-refractivity contribution in [3.8, 4) is 0 Å². The van der Waals surface area contributed by atoms with Crippen LogP contribution < -0.4 is 5.32 Å². The van der Waals surface area contributed by atoms with Crippen molar-refractivity contribution < 1.29 is 24.5 Å². The summed E-state index contributed by atoms with van der Waals surface area (Å²) in [6.07, 6.45) is 88.6. The Morgan fingerprint density at radius 1 is 0.333 bits per heavy atom. The van der Waals surface area contributed by atoms with Gasteiger partial charge in [0.1, 0.15) is 0 Å². The van der Waals surface area contributed by atoms with E-state index in [1.807, 2.05) is 0 Å². The minimum Gasteiger partial charge on any atom is -0.466 e. The van der Waals surface area contributed by atoms with Gasteiger partial charge >= 0.3 is 5.97 Å². The number of unbranched alkanes of at least 4 members (excludes halogenated alkanes) is 58. The highest BCUT2D eigenvalue weighted by Gasteiger charge is 2.20. The van der Waals surface area contributed by atoms with Gasteiger partial charge in [-0.3, -0.25) is 9.59 Å². The van der Waals surface area contributed by atoms with Crippen LogP contribution in [-0.2, 0) is 14.3 Å². The van der Waals surface area contributed by atoms with Crippen LogP contribution in [-0.4, -0.2) is 47.4 Å². The van der Waals surface area contributed by atoms with Gasteiger partial charge in [-0.05, 0) is 44.9 Å². The van der Waals surface area contributed by atoms with Crippen molar-refractivity contribution in [3.05, 3.63) is 12.2 Å². The summed E-state index contributed by atoms with van der Waals surface area (Å²) in [5.41, 5.74) is 0. The van der Waals surface area contributed by atoms with E-state index in [9.17, 15) is 19.8 Å². The summed E-state index contributed by atoms with van der Waals surface area (Å²) in [7, 11) is 0. The summed E-state index contributed by atoms with van der Waals surface area (Å²) in [6, 6.07) is -0.539. The van der Waals surface area contributed by atoms with E-state index in [2.05, 4.69) is 31.3 Å². The van der Waals surface area contributed by atoms with Crippen LogP contribution in [0.5, 0.6) is 0 Å². The molecule has 0 aliphatic rings. The maximum absolute atomic E-state index is 12.6. The highest BCUT2D eigenvalue weighted by atomic mass is 16.5. The minimum atomic E-state index is -0.663. The molecule has 2 unspecified atom stereocenters. The molecular weight excluding hydrogens is 995 g/mol. The predicted molar refractivity (Wildman–Crippen MR) is 357 cm³/mol. The normalized spacial score (nSPS) is 12.5. The van der Waals surface area contributed by atoms with Crippen molar-refractivity contribution in [2.45, 2.75) is 443 Å². The maximum atomic E-state index is 12.6. The number of aliphatic hydroxyl groups excluding tert-OH is 2. The van der Waals surface area contributed by atoms with Crippen LogP contribution in [0.2, 0.25) is 0 Å². The zero-order valence-electron chi connectivity index (χ0n) is 55.3. The van der Waals surface area contributed by atoms with Crippen molar-refractivity contribution in [1.82, 2.24) is 5.32 Å². The van der Waals surface area contributed by atoms with E-state index in [0.717, 1.165) is 44.9 Å². The van der Waals surface area contributed by atoms with Gasteiger partial charge in [-0.1, -0.05) is 386 Å². The Bertz CT molecular complexity index is 1220. The number of carbonyl (C=O) groups is 2. The molecule has 0 rings (SSSR count). The number of rotatable bonds is 71. The number of hydrogen-bond acceptors (Lipinski definition) is 5. The van der Waals surface area contributed by atoms with E-state index < -0.39 is 12.1 Å². The lowest BCUT2D eigenvalue weighted by molar-refractivity contribution is -0.143. The molecule has 6 nitrogen and oxygen atoms in total. The van der Waals surface area contributed by atoms with Gasteiger partial charge in [0.2, 0.25) is 5.91 Å². The average Bonchev–Trinajstić information content (AvgIpc) is 3.47. The van der Waals surface area contributed by atoms with Gasteiger partial charge in [0, 0.05) is 12.8 Å². The average molecular weight is 1140 g/mol. The maximum Gasteiger partial charge on any atom is 0.305 e. The molecule has 0 heterocycles. The highest BCUT2D eigenvalue weighted by molar-refractivity contribution is 5.76. The first-order chi connectivity index (χ1) is 40.0. The van der Waals surface area contributed by atoms with E-state index in [1.54, 1.807) is 0 Å². The Morgan fingerprint density at radius 2 is 0.593 bits per heavy atom. The largest absolute Gasteiger partial charge is 0.466 e. The third-order valence-corrected chi connectivity index (χ3v) is 17.8. The number of esters is 1. The number of allylic oxidation sites excluding steroid dienone is 2. The zero-order chi connectivity index (χ0) is 58.5. The second-order valence-electron chi connectivity index (χ2n) is 26.0. The van der Waals surface area contributed by atoms with Crippen LogP contribution in [0.4, 0.5) is 0 Å². The van der Waals surface area contributed by atoms with Gasteiger partial charge in [0.05, 0.1) is 25.4 Å². The Balaban J connectivity index is 3.34. The van der Waals surface area contributed by atoms with Gasteiger partial charge in [-0.2, -0.15) is 0 Å². The van der Waals surface area contributed by atoms with E-state index in [4.69, 9.17) is 4.74 Å². The van der Waals surface area contributed by atoms with Crippen LogP contribution in [0, 0.1) is 0 Å². The molecule has 0 spiro atoms. The molecule has 0 saturated heterocycles. The van der Waals surface area contributed by atoms with E-state index in [1.165, 1.54) is 353 Å². The molecule has 0 fully saturated rings. The molecule has 0 radical (unpaired) electrons. The lowest BCUT2D eigenvalue weighted by Gasteiger charge is -2.22. The Morgan fingerprint density at radius 3 is 0.914 bits per heavy atom. The van der Waals surface area contributed by atoms with Crippen LogP contribution >= 0.6 is 0 Å². The summed E-state index contributed by atoms with van der Waals surface area (Å²) in [6.45, 7) is 4.96. The summed E-state index contributed by atoms with van der Waals surface area (Å²) in [5.74, 6) is -0.0162. The molecule has 3 N–H and O–H groups in total. The molecule has 0 saturated carbocycles. The van der Waals surface area contributed by atoms with Crippen LogP contribution in [0.25, 0.3) is 0 Å². The molecular formula is C75H147NO5. The third-order valence-electron chi connectivity index (χ3n) is 17.8. The fraction of sp³-hybridized carbons (Fsp3) is 0.947. The Labute approximate surface area is 508 Å². The van der Waals surface area contributed by atoms with Gasteiger partial charge in [-0.15, -0.1) is 0 Å². The molecule has 0 aromatic rings. The highest BCUT2D eigenvalue weighted by Crippen LogP contribution is 2.20. The lowest BCUT2D eigenvalue weighted by Crippen LogP contribution is -2.45. The molecule has 0 bridgehead atoms. The molecule has 0 aromatic heterocycles. The van der Waals surface area contributed by atoms with E-state index in [-0.39, 0.29) is 18.5 Å². The Hall–Kier alpha value is -1.40. The standard InChI is InChI=1S/C75H147NO5/c1-3-5-7-9-11-13-15-16-17-18-19-20-21-29-32-35-38-41-44-48-51-55-59-63-67-73(78)72(71-77)76-74(79)68-64-60-56-52-49-45-42-39-36-33-30-27-25-23-22-24-26-28-31-34-37-40-43-46-50-54-58-62-66-70-81-75(80)69-65-61-57-53-47-14-12-10-8-6-4-2/h10,12,72-73,77-78H,3-9,11,13-71H2,1-2H3,(H,76,79)/b12-10-. The summed E-state index contributed by atoms with van der Waals surface area (Å²) in [4.78, 5) is 24.6. The van der Waals surface area contributed by atoms with Gasteiger partial charge < -0.3 is 20.3 Å². The molecule has 81 heavy (non-hydrogen) atoms. The van der Waals surface area contributed by atoms with Crippen LogP contribution in [0.15, 0.2) is 12.2 Å². The second-order valence-corrected chi connectivity index (χ2v) is 26.0. The van der Waals surface area contributed by atoms with Crippen molar-refractivity contribution in [3.63, 3.8) is 0 Å². The summed E-state index contributed by atoms with van der Waals surface area (Å²) in [5, 5.41) is 23.5. The van der Waals surface area contributed by atoms with Crippen molar-refractivity contribution in [2.24, 2.45) is 0 Å². The molecule has 1 amide bonds. The van der Waals surface area contributed by atoms with Crippen LogP contribution in [0.3, 0.4) is 0 Å². The van der Waals surface area contributed by atoms with Gasteiger partial charge in [-0.25, -0.2) is 0 Å². The molecule has 6 heteroatoms. The molecule has 0 aliphatic heterocycles. The zero-order valence-corrected chi connectivity index (χ0v) is 55.3. The quantitative estimate of drug-likeness (QED) is 0.0320. The fourth-order valence-electron chi connectivity index (χ4n) is 12.1. The van der Waals surface area contributed by atoms with E-state index in [0.29, 0.717) is 25.9 Å². The van der Waals surface area contributed by atoms with Gasteiger partial charge in [0.25, 0.3) is 0 Å². The van der Waals surface area contributed by atoms with Crippen molar-refractivity contribution >= 4 is 11.9 Å². The first kappa shape index (κ1) is 79.6. The third kappa shape index (κ3) is 67.6. The first-order valence-electron chi connectivity index (χ1n) is 37.4. The van der Waals surface area contributed by atoms with Gasteiger partial charge in [0.15, 0.2) is 0 Å². The number of nitrogens with one attached hydrogen (secondary N) is 1. The predicted octanol–water partition coefficient (Wildman–Crippen LogP) is 24.3. The smallest absolute Gasteiger partial charge is 0.305 e. The fourth-order valence-corrected chi connectivity index (χ4v) is 12.1. The van der Waals surface area contributed by atoms with E-state index >= 15 is 0 Å². The number of carbonyl (C=O) groups excluding carboxylic acids is 2. The molecule has 482 valence electrons. The Kier molecular flexibility index (Phi) is 69.9. The monoisotopic (exact) mass is 1140 g/mol. The number of aliphatic hydroxyl groups is 2. The second kappa shape index (κ2) is 71.1.